The van der Waals surface area contributed by atoms with Crippen LogP contribution in [0.2, 0.25) is 0 Å². The maximum atomic E-state index is 6.77. The van der Waals surface area contributed by atoms with E-state index in [2.05, 4.69) is 12.2 Å². The molecule has 0 saturated carbocycles. The molecule has 47 valence electrons. The van der Waals surface area contributed by atoms with Crippen molar-refractivity contribution in [2.45, 2.75) is 19.4 Å². The number of guanidine groups is 1. The van der Waals surface area contributed by atoms with Crippen molar-refractivity contribution < 1.29 is 0 Å². The number of hydrogen-bond donors (Lipinski definition) is 3. The minimum absolute atomic E-state index is 0.0150. The zero-order chi connectivity index (χ0) is 6.57. The lowest BCUT2D eigenvalue weighted by Crippen LogP contribution is -2.36. The van der Waals surface area contributed by atoms with Gasteiger partial charge in [0.1, 0.15) is 0 Å². The minimum atomic E-state index is 0.0150. The van der Waals surface area contributed by atoms with E-state index in [1.807, 2.05) is 6.92 Å². The summed E-state index contributed by atoms with van der Waals surface area (Å²) < 4.78 is 0. The molecule has 0 fully saturated rings. The Balaban J connectivity index is 3.24. The summed E-state index contributed by atoms with van der Waals surface area (Å²) in [6, 6.07) is 0.215. The summed E-state index contributed by atoms with van der Waals surface area (Å²) in [6.45, 7) is 5.55. The van der Waals surface area contributed by atoms with Crippen LogP contribution in [0.1, 0.15) is 13.3 Å². The minimum Gasteiger partial charge on any atom is -0.370 e. The van der Waals surface area contributed by atoms with Gasteiger partial charge in [0.15, 0.2) is 5.96 Å². The van der Waals surface area contributed by atoms with Gasteiger partial charge in [0.05, 0.1) is 0 Å². The van der Waals surface area contributed by atoms with Crippen LogP contribution in [0, 0.1) is 12.3 Å². The summed E-state index contributed by atoms with van der Waals surface area (Å²) in [7, 11) is 0. The predicted octanol–water partition coefficient (Wildman–Crippen LogP) is 0.0822. The topological polar surface area (TPSA) is 61.9 Å². The van der Waals surface area contributed by atoms with Gasteiger partial charge in [-0.15, -0.1) is 0 Å². The summed E-state index contributed by atoms with van der Waals surface area (Å²) in [5.74, 6) is 0.0150. The molecule has 0 spiro atoms. The molecule has 0 aromatic heterocycles. The predicted molar refractivity (Wildman–Crippen MR) is 34.5 cm³/mol. The highest BCUT2D eigenvalue weighted by Crippen LogP contribution is 1.83. The van der Waals surface area contributed by atoms with Gasteiger partial charge in [-0.3, -0.25) is 5.41 Å². The standard InChI is InChI=1S/C5H12N3/c1-3-4(2)8-5(6)7/h4H,1,3H2,2H3,(H4,6,7,8). The zero-order valence-corrected chi connectivity index (χ0v) is 5.07. The molecule has 0 heterocycles. The molecule has 1 radical (unpaired) electrons. The second-order valence-corrected chi connectivity index (χ2v) is 1.75. The molecule has 3 nitrogen and oxygen atoms in total. The van der Waals surface area contributed by atoms with Crippen LogP contribution < -0.4 is 11.1 Å². The van der Waals surface area contributed by atoms with Crippen LogP contribution in [0.15, 0.2) is 0 Å². The van der Waals surface area contributed by atoms with Crippen molar-refractivity contribution in [3.63, 3.8) is 0 Å². The van der Waals surface area contributed by atoms with Crippen LogP contribution in [0.3, 0.4) is 0 Å². The first-order valence-electron chi connectivity index (χ1n) is 2.56. The normalized spacial score (nSPS) is 12.8. The summed E-state index contributed by atoms with van der Waals surface area (Å²) in [5.41, 5.74) is 5.01. The highest BCUT2D eigenvalue weighted by molar-refractivity contribution is 5.74. The summed E-state index contributed by atoms with van der Waals surface area (Å²) in [5, 5.41) is 9.46. The van der Waals surface area contributed by atoms with E-state index < -0.39 is 0 Å². The first-order valence-corrected chi connectivity index (χ1v) is 2.56. The maximum Gasteiger partial charge on any atom is 0.185 e. The van der Waals surface area contributed by atoms with Crippen molar-refractivity contribution in [1.29, 1.82) is 5.41 Å². The monoisotopic (exact) mass is 114 g/mol. The first kappa shape index (κ1) is 7.27. The Labute approximate surface area is 49.8 Å². The number of rotatable bonds is 2. The van der Waals surface area contributed by atoms with Crippen molar-refractivity contribution >= 4 is 5.96 Å². The third kappa shape index (κ3) is 3.46. The van der Waals surface area contributed by atoms with Crippen molar-refractivity contribution in [3.8, 4) is 0 Å². The van der Waals surface area contributed by atoms with Crippen LogP contribution in [0.4, 0.5) is 0 Å². The molecule has 0 aromatic rings. The van der Waals surface area contributed by atoms with Gasteiger partial charge in [0.2, 0.25) is 0 Å². The van der Waals surface area contributed by atoms with Crippen LogP contribution in [-0.4, -0.2) is 12.0 Å². The molecular weight excluding hydrogens is 102 g/mol. The van der Waals surface area contributed by atoms with Gasteiger partial charge in [-0.1, -0.05) is 6.92 Å². The van der Waals surface area contributed by atoms with E-state index in [1.165, 1.54) is 0 Å². The highest BCUT2D eigenvalue weighted by atomic mass is 15.1. The van der Waals surface area contributed by atoms with E-state index in [9.17, 15) is 0 Å². The lowest BCUT2D eigenvalue weighted by molar-refractivity contribution is 0.666. The van der Waals surface area contributed by atoms with E-state index >= 15 is 0 Å². The Bertz CT molecular complexity index is 79.7. The lowest BCUT2D eigenvalue weighted by atomic mass is 10.3. The summed E-state index contributed by atoms with van der Waals surface area (Å²) in [6.07, 6.45) is 0.750. The van der Waals surface area contributed by atoms with E-state index in [0.717, 1.165) is 6.42 Å². The fourth-order valence-electron chi connectivity index (χ4n) is 0.338. The van der Waals surface area contributed by atoms with Crippen LogP contribution in [0.5, 0.6) is 0 Å². The van der Waals surface area contributed by atoms with Gasteiger partial charge < -0.3 is 11.1 Å². The molecule has 0 bridgehead atoms. The molecule has 0 amide bonds. The van der Waals surface area contributed by atoms with E-state index in [-0.39, 0.29) is 12.0 Å². The third-order valence-electron chi connectivity index (χ3n) is 0.835. The summed E-state index contributed by atoms with van der Waals surface area (Å²) >= 11 is 0. The average molecular weight is 114 g/mol. The fourth-order valence-corrected chi connectivity index (χ4v) is 0.338. The Morgan fingerprint density at radius 3 is 2.62 bits per heavy atom. The van der Waals surface area contributed by atoms with Gasteiger partial charge in [0.25, 0.3) is 0 Å². The molecule has 3 heteroatoms. The zero-order valence-electron chi connectivity index (χ0n) is 5.07. The molecule has 1 unspecified atom stereocenters. The van der Waals surface area contributed by atoms with Crippen LogP contribution >= 0.6 is 0 Å². The van der Waals surface area contributed by atoms with Gasteiger partial charge >= 0.3 is 0 Å². The van der Waals surface area contributed by atoms with Crippen LogP contribution in [0.25, 0.3) is 0 Å². The smallest absolute Gasteiger partial charge is 0.185 e. The molecule has 0 aliphatic carbocycles. The van der Waals surface area contributed by atoms with Gasteiger partial charge in [-0.05, 0) is 13.3 Å². The Morgan fingerprint density at radius 2 is 2.50 bits per heavy atom. The second kappa shape index (κ2) is 3.29. The van der Waals surface area contributed by atoms with E-state index in [1.54, 1.807) is 0 Å². The molecule has 4 N–H and O–H groups in total. The summed E-state index contributed by atoms with van der Waals surface area (Å²) in [4.78, 5) is 0. The SMILES string of the molecule is [CH2]CC(C)NC(=N)N. The Kier molecular flexibility index (Phi) is 2.99. The largest absolute Gasteiger partial charge is 0.370 e. The van der Waals surface area contributed by atoms with Crippen molar-refractivity contribution in [1.82, 2.24) is 5.32 Å². The highest BCUT2D eigenvalue weighted by Gasteiger charge is 1.94. The van der Waals surface area contributed by atoms with Gasteiger partial charge in [-0.25, -0.2) is 0 Å². The fraction of sp³-hybridized carbons (Fsp3) is 0.600. The number of hydrogen-bond acceptors (Lipinski definition) is 1. The van der Waals surface area contributed by atoms with Crippen LogP contribution in [-0.2, 0) is 0 Å². The molecule has 0 aliphatic heterocycles. The van der Waals surface area contributed by atoms with Gasteiger partial charge in [0, 0.05) is 6.04 Å². The molecule has 0 aromatic carbocycles. The van der Waals surface area contributed by atoms with E-state index in [4.69, 9.17) is 11.1 Å². The van der Waals surface area contributed by atoms with Gasteiger partial charge in [-0.2, -0.15) is 0 Å². The Hall–Kier alpha value is -0.730. The molecule has 1 atom stereocenters. The van der Waals surface area contributed by atoms with Crippen molar-refractivity contribution in [2.75, 3.05) is 0 Å². The molecule has 0 rings (SSSR count). The maximum absolute atomic E-state index is 6.77. The quantitative estimate of drug-likeness (QED) is 0.352. The Morgan fingerprint density at radius 1 is 2.00 bits per heavy atom. The molecule has 8 heavy (non-hydrogen) atoms. The first-order chi connectivity index (χ1) is 3.66. The number of nitrogens with two attached hydrogens (primary N) is 1. The van der Waals surface area contributed by atoms with Crippen molar-refractivity contribution in [2.24, 2.45) is 5.73 Å². The van der Waals surface area contributed by atoms with E-state index in [0.29, 0.717) is 0 Å². The number of nitrogens with one attached hydrogen (secondary N) is 2. The lowest BCUT2D eigenvalue weighted by Gasteiger charge is -2.08. The average Bonchev–Trinajstić information content (AvgIpc) is 1.65. The van der Waals surface area contributed by atoms with Crippen molar-refractivity contribution in [3.05, 3.63) is 6.92 Å². The molecule has 0 saturated heterocycles. The molecular formula is C5H12N3. The second-order valence-electron chi connectivity index (χ2n) is 1.75. The third-order valence-corrected chi connectivity index (χ3v) is 0.835. The molecule has 0 aliphatic rings.